The van der Waals surface area contributed by atoms with Gasteiger partial charge in [-0.3, -0.25) is 9.67 Å². The summed E-state index contributed by atoms with van der Waals surface area (Å²) in [7, 11) is 1.65. The van der Waals surface area contributed by atoms with E-state index in [4.69, 9.17) is 4.74 Å². The molecule has 0 radical (unpaired) electrons. The number of methoxy groups -OCH3 is 1. The zero-order valence-corrected chi connectivity index (χ0v) is 16.3. The summed E-state index contributed by atoms with van der Waals surface area (Å²) < 4.78 is 7.15. The first kappa shape index (κ1) is 18.5. The van der Waals surface area contributed by atoms with Crippen molar-refractivity contribution in [3.05, 3.63) is 78.6 Å². The van der Waals surface area contributed by atoms with Crippen LogP contribution in [-0.4, -0.2) is 21.9 Å². The first-order valence-electron chi connectivity index (χ1n) is 9.30. The molecule has 0 aliphatic carbocycles. The van der Waals surface area contributed by atoms with E-state index >= 15 is 0 Å². The van der Waals surface area contributed by atoms with Crippen LogP contribution in [0.3, 0.4) is 0 Å². The second-order valence-corrected chi connectivity index (χ2v) is 6.76. The van der Waals surface area contributed by atoms with Gasteiger partial charge in [0.25, 0.3) is 0 Å². The average Bonchev–Trinajstić information content (AvgIpc) is 3.18. The van der Waals surface area contributed by atoms with Gasteiger partial charge in [-0.2, -0.15) is 10.4 Å². The van der Waals surface area contributed by atoms with E-state index in [0.717, 1.165) is 45.0 Å². The van der Waals surface area contributed by atoms with Crippen LogP contribution in [0.4, 0.5) is 0 Å². The first-order chi connectivity index (χ1) is 14.2. The van der Waals surface area contributed by atoms with E-state index < -0.39 is 0 Å². The number of hydrogen-bond donors (Lipinski definition) is 0. The van der Waals surface area contributed by atoms with Crippen molar-refractivity contribution in [2.45, 2.75) is 13.5 Å². The summed E-state index contributed by atoms with van der Waals surface area (Å²) in [5.41, 5.74) is 6.77. The Bertz CT molecular complexity index is 1170. The highest BCUT2D eigenvalue weighted by Crippen LogP contribution is 2.35. The SMILES string of the molecule is COc1cc(C)cc(-c2c(-c3ccc(-c4ccccc4)nc3)cnn2CC#N)c1. The van der Waals surface area contributed by atoms with Crippen molar-refractivity contribution < 1.29 is 4.74 Å². The first-order valence-corrected chi connectivity index (χ1v) is 9.30. The van der Waals surface area contributed by atoms with Gasteiger partial charge >= 0.3 is 0 Å². The highest BCUT2D eigenvalue weighted by atomic mass is 16.5. The summed E-state index contributed by atoms with van der Waals surface area (Å²) in [4.78, 5) is 4.64. The van der Waals surface area contributed by atoms with Crippen LogP contribution >= 0.6 is 0 Å². The maximum atomic E-state index is 9.24. The number of pyridine rings is 1. The topological polar surface area (TPSA) is 63.7 Å². The van der Waals surface area contributed by atoms with Crippen molar-refractivity contribution in [2.24, 2.45) is 0 Å². The number of aromatic nitrogens is 3. The molecule has 0 saturated heterocycles. The molecule has 142 valence electrons. The molecule has 5 heteroatoms. The highest BCUT2D eigenvalue weighted by molar-refractivity contribution is 5.82. The van der Waals surface area contributed by atoms with Gasteiger partial charge in [0.2, 0.25) is 0 Å². The Hall–Kier alpha value is -3.91. The summed E-state index contributed by atoms with van der Waals surface area (Å²) in [5.74, 6) is 0.771. The summed E-state index contributed by atoms with van der Waals surface area (Å²) >= 11 is 0. The van der Waals surface area contributed by atoms with Gasteiger partial charge in [-0.15, -0.1) is 0 Å². The molecule has 0 aliphatic rings. The molecule has 5 nitrogen and oxygen atoms in total. The van der Waals surface area contributed by atoms with E-state index in [1.807, 2.05) is 67.7 Å². The van der Waals surface area contributed by atoms with Crippen molar-refractivity contribution in [3.8, 4) is 45.5 Å². The molecule has 29 heavy (non-hydrogen) atoms. The Morgan fingerprint density at radius 2 is 1.79 bits per heavy atom. The molecule has 0 aliphatic heterocycles. The minimum atomic E-state index is 0.168. The lowest BCUT2D eigenvalue weighted by atomic mass is 10.0. The van der Waals surface area contributed by atoms with Gasteiger partial charge in [0.15, 0.2) is 0 Å². The van der Waals surface area contributed by atoms with Crippen molar-refractivity contribution in [2.75, 3.05) is 7.11 Å². The molecule has 2 aromatic heterocycles. The zero-order chi connectivity index (χ0) is 20.2. The minimum Gasteiger partial charge on any atom is -0.497 e. The number of nitrogens with zero attached hydrogens (tertiary/aromatic N) is 4. The predicted octanol–water partition coefficient (Wildman–Crippen LogP) is 5.12. The summed E-state index contributed by atoms with van der Waals surface area (Å²) in [6, 6.07) is 22.3. The minimum absolute atomic E-state index is 0.168. The number of aryl methyl sites for hydroxylation is 1. The van der Waals surface area contributed by atoms with Gasteiger partial charge in [0, 0.05) is 28.5 Å². The molecule has 4 aromatic rings. The number of benzene rings is 2. The van der Waals surface area contributed by atoms with E-state index in [1.165, 1.54) is 0 Å². The molecule has 4 rings (SSSR count). The lowest BCUT2D eigenvalue weighted by Crippen LogP contribution is -2.01. The molecule has 0 spiro atoms. The molecule has 0 N–H and O–H groups in total. The Kier molecular flexibility index (Phi) is 5.08. The molecule has 0 atom stereocenters. The quantitative estimate of drug-likeness (QED) is 0.482. The predicted molar refractivity (Wildman–Crippen MR) is 113 cm³/mol. The molecule has 0 amide bonds. The largest absolute Gasteiger partial charge is 0.497 e. The van der Waals surface area contributed by atoms with Crippen molar-refractivity contribution >= 4 is 0 Å². The normalized spacial score (nSPS) is 10.5. The van der Waals surface area contributed by atoms with Crippen LogP contribution in [-0.2, 0) is 6.54 Å². The third-order valence-electron chi connectivity index (χ3n) is 4.76. The fraction of sp³-hybridized carbons (Fsp3) is 0.125. The maximum absolute atomic E-state index is 9.24. The van der Waals surface area contributed by atoms with Gasteiger partial charge in [-0.1, -0.05) is 36.4 Å². The Morgan fingerprint density at radius 1 is 0.966 bits per heavy atom. The molecule has 0 saturated carbocycles. The van der Waals surface area contributed by atoms with Gasteiger partial charge in [0.05, 0.1) is 30.8 Å². The van der Waals surface area contributed by atoms with Crippen LogP contribution in [0.2, 0.25) is 0 Å². The fourth-order valence-corrected chi connectivity index (χ4v) is 3.42. The van der Waals surface area contributed by atoms with Gasteiger partial charge in [0.1, 0.15) is 12.3 Å². The third kappa shape index (κ3) is 3.74. The van der Waals surface area contributed by atoms with Crippen molar-refractivity contribution in [3.63, 3.8) is 0 Å². The number of ether oxygens (including phenoxy) is 1. The molecule has 0 fully saturated rings. The smallest absolute Gasteiger partial charge is 0.128 e. The van der Waals surface area contributed by atoms with E-state index in [0.29, 0.717) is 0 Å². The number of rotatable bonds is 5. The third-order valence-corrected chi connectivity index (χ3v) is 4.76. The Balaban J connectivity index is 1.81. The van der Waals surface area contributed by atoms with E-state index in [-0.39, 0.29) is 6.54 Å². The van der Waals surface area contributed by atoms with Crippen molar-refractivity contribution in [1.29, 1.82) is 5.26 Å². The molecular formula is C24H20N4O. The summed E-state index contributed by atoms with van der Waals surface area (Å²) in [6.45, 7) is 2.19. The van der Waals surface area contributed by atoms with Crippen LogP contribution in [0.25, 0.3) is 33.6 Å². The number of nitriles is 1. The fourth-order valence-electron chi connectivity index (χ4n) is 3.42. The molecule has 0 bridgehead atoms. The summed E-state index contributed by atoms with van der Waals surface area (Å²) in [6.07, 6.45) is 3.65. The van der Waals surface area contributed by atoms with E-state index in [1.54, 1.807) is 18.0 Å². The van der Waals surface area contributed by atoms with E-state index in [9.17, 15) is 5.26 Å². The lowest BCUT2D eigenvalue weighted by molar-refractivity contribution is 0.414. The van der Waals surface area contributed by atoms with Crippen LogP contribution in [0.15, 0.2) is 73.1 Å². The van der Waals surface area contributed by atoms with Crippen LogP contribution in [0.1, 0.15) is 5.56 Å². The van der Waals surface area contributed by atoms with Gasteiger partial charge < -0.3 is 4.74 Å². The number of hydrogen-bond acceptors (Lipinski definition) is 4. The van der Waals surface area contributed by atoms with E-state index in [2.05, 4.69) is 22.2 Å². The van der Waals surface area contributed by atoms with Crippen LogP contribution < -0.4 is 4.74 Å². The van der Waals surface area contributed by atoms with Crippen LogP contribution in [0.5, 0.6) is 5.75 Å². The summed E-state index contributed by atoms with van der Waals surface area (Å²) in [5, 5.41) is 13.7. The van der Waals surface area contributed by atoms with Gasteiger partial charge in [-0.05, 0) is 36.8 Å². The molecule has 2 aromatic carbocycles. The molecule has 0 unspecified atom stereocenters. The maximum Gasteiger partial charge on any atom is 0.128 e. The Morgan fingerprint density at radius 3 is 2.48 bits per heavy atom. The lowest BCUT2D eigenvalue weighted by Gasteiger charge is -2.11. The monoisotopic (exact) mass is 380 g/mol. The zero-order valence-electron chi connectivity index (χ0n) is 16.3. The average molecular weight is 380 g/mol. The van der Waals surface area contributed by atoms with Crippen LogP contribution in [0, 0.1) is 18.3 Å². The highest BCUT2D eigenvalue weighted by Gasteiger charge is 2.16. The van der Waals surface area contributed by atoms with Gasteiger partial charge in [-0.25, -0.2) is 0 Å². The standard InChI is InChI=1S/C24H20N4O/c1-17-12-20(14-21(13-17)29-2)24-22(16-27-28(24)11-10-25)19-8-9-23(26-15-19)18-6-4-3-5-7-18/h3-9,12-16H,11H2,1-2H3. The molecular weight excluding hydrogens is 360 g/mol. The second-order valence-electron chi connectivity index (χ2n) is 6.76. The second kappa shape index (κ2) is 7.99. The van der Waals surface area contributed by atoms with Crippen molar-refractivity contribution in [1.82, 2.24) is 14.8 Å². The molecule has 2 heterocycles. The Labute approximate surface area is 169 Å².